The van der Waals surface area contributed by atoms with Gasteiger partial charge in [0.25, 0.3) is 0 Å². The van der Waals surface area contributed by atoms with Gasteiger partial charge >= 0.3 is 0 Å². The summed E-state index contributed by atoms with van der Waals surface area (Å²) in [5.41, 5.74) is 6.88. The molecule has 1 aliphatic rings. The summed E-state index contributed by atoms with van der Waals surface area (Å²) in [6.45, 7) is 4.15. The van der Waals surface area contributed by atoms with E-state index in [0.717, 1.165) is 37.1 Å². The summed E-state index contributed by atoms with van der Waals surface area (Å²) in [6, 6.07) is 0.0642. The average Bonchev–Trinajstić information content (AvgIpc) is 2.54. The summed E-state index contributed by atoms with van der Waals surface area (Å²) < 4.78 is 0. The fourth-order valence-corrected chi connectivity index (χ4v) is 2.73. The van der Waals surface area contributed by atoms with E-state index in [-0.39, 0.29) is 18.1 Å². The van der Waals surface area contributed by atoms with Crippen LogP contribution in [-0.4, -0.2) is 27.2 Å². The molecule has 4 N–H and O–H groups in total. The van der Waals surface area contributed by atoms with Gasteiger partial charge in [-0.2, -0.15) is 0 Å². The average molecular weight is 264 g/mol. The Bertz CT molecular complexity index is 422. The molecule has 1 aromatic rings. The van der Waals surface area contributed by atoms with Gasteiger partial charge in [-0.1, -0.05) is 33.1 Å². The summed E-state index contributed by atoms with van der Waals surface area (Å²) in [7, 11) is 0. The number of hydrogen-bond acceptors (Lipinski definition) is 5. The molecule has 19 heavy (non-hydrogen) atoms. The number of anilines is 2. The summed E-state index contributed by atoms with van der Waals surface area (Å²) in [6.07, 6.45) is 6.44. The highest BCUT2D eigenvalue weighted by molar-refractivity contribution is 5.57. The first-order valence-corrected chi connectivity index (χ1v) is 7.14. The lowest BCUT2D eigenvalue weighted by Crippen LogP contribution is -2.33. The van der Waals surface area contributed by atoms with Crippen molar-refractivity contribution in [2.24, 2.45) is 0 Å². The van der Waals surface area contributed by atoms with Crippen molar-refractivity contribution in [3.63, 3.8) is 0 Å². The molecule has 1 aromatic heterocycles. The van der Waals surface area contributed by atoms with Crippen molar-refractivity contribution >= 4 is 11.6 Å². The van der Waals surface area contributed by atoms with E-state index in [1.165, 1.54) is 12.7 Å². The van der Waals surface area contributed by atoms with Crippen LogP contribution < -0.4 is 11.1 Å². The molecule has 5 heteroatoms. The number of aliphatic hydroxyl groups excluding tert-OH is 1. The Morgan fingerprint density at radius 2 is 2.00 bits per heavy atom. The third-order valence-corrected chi connectivity index (χ3v) is 3.79. The smallest absolute Gasteiger partial charge is 0.135 e. The summed E-state index contributed by atoms with van der Waals surface area (Å²) in [5, 5.41) is 13.6. The molecule has 1 fully saturated rings. The van der Waals surface area contributed by atoms with Gasteiger partial charge in [-0.15, -0.1) is 0 Å². The van der Waals surface area contributed by atoms with Crippen molar-refractivity contribution in [2.45, 2.75) is 64.0 Å². The molecule has 0 amide bonds. The van der Waals surface area contributed by atoms with Gasteiger partial charge in [0.05, 0.1) is 12.1 Å². The minimum atomic E-state index is -0.307. The fourth-order valence-electron chi connectivity index (χ4n) is 2.73. The maximum absolute atomic E-state index is 10.2. The monoisotopic (exact) mass is 264 g/mol. The van der Waals surface area contributed by atoms with E-state index in [2.05, 4.69) is 29.1 Å². The SMILES string of the molecule is CC(C)c1c(N)ncnc1NC1CCCCCC1O. The molecule has 2 rings (SSSR count). The van der Waals surface area contributed by atoms with E-state index in [1.54, 1.807) is 0 Å². The second kappa shape index (κ2) is 6.19. The number of hydrogen-bond donors (Lipinski definition) is 3. The molecule has 1 heterocycles. The second-order valence-corrected chi connectivity index (χ2v) is 5.63. The Labute approximate surface area is 114 Å². The van der Waals surface area contributed by atoms with Crippen LogP contribution in [0.5, 0.6) is 0 Å². The van der Waals surface area contributed by atoms with Crippen LogP contribution in [0.2, 0.25) is 0 Å². The van der Waals surface area contributed by atoms with E-state index in [9.17, 15) is 5.11 Å². The van der Waals surface area contributed by atoms with Crippen LogP contribution in [0.3, 0.4) is 0 Å². The largest absolute Gasteiger partial charge is 0.391 e. The number of nitrogen functional groups attached to an aromatic ring is 1. The Hall–Kier alpha value is -1.36. The highest BCUT2D eigenvalue weighted by Crippen LogP contribution is 2.29. The van der Waals surface area contributed by atoms with Gasteiger partial charge in [0.15, 0.2) is 0 Å². The van der Waals surface area contributed by atoms with Crippen molar-refractivity contribution in [1.29, 1.82) is 0 Å². The van der Waals surface area contributed by atoms with E-state index in [0.29, 0.717) is 5.82 Å². The molecular weight excluding hydrogens is 240 g/mol. The molecule has 2 unspecified atom stereocenters. The Morgan fingerprint density at radius 1 is 1.26 bits per heavy atom. The van der Waals surface area contributed by atoms with Crippen molar-refractivity contribution in [3.05, 3.63) is 11.9 Å². The first-order valence-electron chi connectivity index (χ1n) is 7.14. The van der Waals surface area contributed by atoms with Crippen LogP contribution >= 0.6 is 0 Å². The molecule has 0 radical (unpaired) electrons. The molecule has 0 bridgehead atoms. The van der Waals surface area contributed by atoms with Gasteiger partial charge in [-0.05, 0) is 18.8 Å². The molecule has 106 valence electrons. The Morgan fingerprint density at radius 3 is 2.74 bits per heavy atom. The molecule has 0 spiro atoms. The topological polar surface area (TPSA) is 84.1 Å². The van der Waals surface area contributed by atoms with E-state index in [1.807, 2.05) is 0 Å². The molecule has 5 nitrogen and oxygen atoms in total. The van der Waals surface area contributed by atoms with E-state index >= 15 is 0 Å². The number of nitrogens with two attached hydrogens (primary N) is 1. The van der Waals surface area contributed by atoms with E-state index < -0.39 is 0 Å². The number of aromatic nitrogens is 2. The van der Waals surface area contributed by atoms with Gasteiger partial charge in [-0.25, -0.2) is 9.97 Å². The lowest BCUT2D eigenvalue weighted by atomic mass is 10.0. The number of nitrogens with one attached hydrogen (secondary N) is 1. The van der Waals surface area contributed by atoms with Crippen LogP contribution in [0.4, 0.5) is 11.6 Å². The van der Waals surface area contributed by atoms with Crippen molar-refractivity contribution < 1.29 is 5.11 Å². The maximum Gasteiger partial charge on any atom is 0.135 e. The predicted molar refractivity (Wildman–Crippen MR) is 77.0 cm³/mol. The first-order chi connectivity index (χ1) is 9.09. The van der Waals surface area contributed by atoms with Gasteiger partial charge in [0.1, 0.15) is 18.0 Å². The minimum Gasteiger partial charge on any atom is -0.391 e. The number of rotatable bonds is 3. The molecule has 0 saturated heterocycles. The van der Waals surface area contributed by atoms with Crippen molar-refractivity contribution in [1.82, 2.24) is 9.97 Å². The third kappa shape index (κ3) is 3.35. The highest BCUT2D eigenvalue weighted by atomic mass is 16.3. The van der Waals surface area contributed by atoms with Crippen LogP contribution in [-0.2, 0) is 0 Å². The lowest BCUT2D eigenvalue weighted by molar-refractivity contribution is 0.144. The quantitative estimate of drug-likeness (QED) is 0.729. The van der Waals surface area contributed by atoms with Crippen molar-refractivity contribution in [3.8, 4) is 0 Å². The fraction of sp³-hybridized carbons (Fsp3) is 0.714. The molecule has 0 aromatic carbocycles. The molecule has 1 aliphatic carbocycles. The van der Waals surface area contributed by atoms with Crippen LogP contribution in [0.25, 0.3) is 0 Å². The maximum atomic E-state index is 10.2. The van der Waals surface area contributed by atoms with Gasteiger partial charge < -0.3 is 16.2 Å². The third-order valence-electron chi connectivity index (χ3n) is 3.79. The lowest BCUT2D eigenvalue weighted by Gasteiger charge is -2.24. The summed E-state index contributed by atoms with van der Waals surface area (Å²) in [5.74, 6) is 1.55. The molecule has 2 atom stereocenters. The first kappa shape index (κ1) is 14.1. The minimum absolute atomic E-state index is 0.0642. The summed E-state index contributed by atoms with van der Waals surface area (Å²) >= 11 is 0. The van der Waals surface area contributed by atoms with Crippen LogP contribution in [0.1, 0.15) is 57.4 Å². The van der Waals surface area contributed by atoms with Crippen molar-refractivity contribution in [2.75, 3.05) is 11.1 Å². The number of nitrogens with zero attached hydrogens (tertiary/aromatic N) is 2. The Balaban J connectivity index is 2.20. The standard InChI is InChI=1S/C14H24N4O/c1-9(2)12-13(15)16-8-17-14(12)18-10-6-4-3-5-7-11(10)19/h8-11,19H,3-7H2,1-2H3,(H3,15,16,17,18). The van der Waals surface area contributed by atoms with Gasteiger partial charge in [0.2, 0.25) is 0 Å². The predicted octanol–water partition coefficient (Wildman–Crippen LogP) is 2.29. The van der Waals surface area contributed by atoms with Gasteiger partial charge in [0, 0.05) is 5.56 Å². The highest BCUT2D eigenvalue weighted by Gasteiger charge is 2.23. The zero-order valence-corrected chi connectivity index (χ0v) is 11.8. The van der Waals surface area contributed by atoms with E-state index in [4.69, 9.17) is 5.73 Å². The van der Waals surface area contributed by atoms with Gasteiger partial charge in [-0.3, -0.25) is 0 Å². The van der Waals surface area contributed by atoms with Crippen LogP contribution in [0, 0.1) is 0 Å². The zero-order valence-electron chi connectivity index (χ0n) is 11.8. The summed E-state index contributed by atoms with van der Waals surface area (Å²) in [4.78, 5) is 8.36. The normalized spacial score (nSPS) is 24.2. The molecular formula is C14H24N4O. The number of aliphatic hydroxyl groups is 1. The Kier molecular flexibility index (Phi) is 4.58. The zero-order chi connectivity index (χ0) is 13.8. The molecule has 1 saturated carbocycles. The molecule has 0 aliphatic heterocycles. The van der Waals surface area contributed by atoms with Crippen LogP contribution in [0.15, 0.2) is 6.33 Å². The second-order valence-electron chi connectivity index (χ2n) is 5.63.